The molecule has 1 saturated carbocycles. The summed E-state index contributed by atoms with van der Waals surface area (Å²) in [4.78, 5) is 13.8. The summed E-state index contributed by atoms with van der Waals surface area (Å²) in [6.45, 7) is -7.68. The zero-order valence-corrected chi connectivity index (χ0v) is 19.8. The highest BCUT2D eigenvalue weighted by Gasteiger charge is 2.52. The van der Waals surface area contributed by atoms with Gasteiger partial charge in [-0.15, -0.1) is 8.78 Å². The van der Waals surface area contributed by atoms with Crippen LogP contribution in [0, 0.1) is 5.82 Å². The van der Waals surface area contributed by atoms with Crippen molar-refractivity contribution in [2.24, 2.45) is 0 Å². The van der Waals surface area contributed by atoms with Gasteiger partial charge in [-0.3, -0.25) is 4.79 Å². The summed E-state index contributed by atoms with van der Waals surface area (Å²) in [5.41, 5.74) is -5.09. The number of hydrogen-bond donors (Lipinski definition) is 2. The van der Waals surface area contributed by atoms with E-state index in [0.717, 1.165) is 12.1 Å². The second-order valence-corrected chi connectivity index (χ2v) is 9.38. The first-order valence-corrected chi connectivity index (χ1v) is 11.4. The average Bonchev–Trinajstić information content (AvgIpc) is 3.55. The fourth-order valence-electron chi connectivity index (χ4n) is 4.41. The molecule has 0 radical (unpaired) electrons. The lowest BCUT2D eigenvalue weighted by atomic mass is 9.86. The van der Waals surface area contributed by atoms with Crippen molar-refractivity contribution in [3.63, 3.8) is 0 Å². The van der Waals surface area contributed by atoms with Gasteiger partial charge in [0.05, 0.1) is 41.0 Å². The molecule has 2 aromatic carbocycles. The Hall–Kier alpha value is -3.04. The predicted octanol–water partition coefficient (Wildman–Crippen LogP) is 4.99. The van der Waals surface area contributed by atoms with Crippen molar-refractivity contribution in [2.75, 3.05) is 6.56 Å². The lowest BCUT2D eigenvalue weighted by Crippen LogP contribution is -2.26. The summed E-state index contributed by atoms with van der Waals surface area (Å²) >= 11 is 0. The van der Waals surface area contributed by atoms with Crippen LogP contribution < -0.4 is 9.47 Å². The van der Waals surface area contributed by atoms with Gasteiger partial charge in [-0.05, 0) is 60.7 Å². The summed E-state index contributed by atoms with van der Waals surface area (Å²) in [6, 6.07) is 0.608. The molecule has 1 aromatic heterocycles. The minimum absolute atomic E-state index is 0.0301. The number of rotatable bonds is 9. The van der Waals surface area contributed by atoms with E-state index in [1.165, 1.54) is 13.8 Å². The molecule has 2 aliphatic rings. The van der Waals surface area contributed by atoms with Crippen LogP contribution in [-0.4, -0.2) is 39.5 Å². The SMILES string of the molecule is [2H]c1c([2H])c(C2(C(=O)Cc3cc4cc(C(C)(CC)C([2H])([2H])[2H])n(C([2H])([2H])[C@@]([2H])(O)C([2H])([2H])O)c4cc3F)CC2)c([2H])c2c1OC(F)(F)O2. The van der Waals surface area contributed by atoms with Crippen LogP contribution in [0.1, 0.15) is 71.9 Å². The maximum absolute atomic E-state index is 15.8. The van der Waals surface area contributed by atoms with Crippen LogP contribution >= 0.6 is 0 Å². The lowest BCUT2D eigenvalue weighted by Gasteiger charge is -2.26. The molecule has 6 nitrogen and oxygen atoms in total. The van der Waals surface area contributed by atoms with E-state index in [1.807, 2.05) is 0 Å². The van der Waals surface area contributed by atoms with Gasteiger partial charge in [0.1, 0.15) is 11.6 Å². The number of alkyl halides is 2. The van der Waals surface area contributed by atoms with Gasteiger partial charge in [0, 0.05) is 27.0 Å². The van der Waals surface area contributed by atoms with Gasteiger partial charge in [-0.2, -0.15) is 0 Å². The Morgan fingerprint density at radius 1 is 1.32 bits per heavy atom. The summed E-state index contributed by atoms with van der Waals surface area (Å²) in [5, 5.41) is 20.5. The van der Waals surface area contributed by atoms with Crippen LogP contribution in [0.5, 0.6) is 11.5 Å². The number of nitrogens with zero attached hydrogens (tertiary/aromatic N) is 1. The molecule has 5 rings (SSSR count). The largest absolute Gasteiger partial charge is 0.586 e. The van der Waals surface area contributed by atoms with Crippen molar-refractivity contribution in [1.82, 2.24) is 4.57 Å². The van der Waals surface area contributed by atoms with Gasteiger partial charge in [-0.1, -0.05) is 26.7 Å². The van der Waals surface area contributed by atoms with E-state index in [2.05, 4.69) is 9.47 Å². The van der Waals surface area contributed by atoms with E-state index in [0.29, 0.717) is 10.6 Å². The van der Waals surface area contributed by atoms with Crippen LogP contribution in [0.25, 0.3) is 10.9 Å². The molecule has 1 unspecified atom stereocenters. The number of halogens is 3. The number of ether oxygens (including phenoxy) is 2. The van der Waals surface area contributed by atoms with Gasteiger partial charge >= 0.3 is 6.29 Å². The topological polar surface area (TPSA) is 80.9 Å². The molecule has 0 saturated heterocycles. The molecule has 0 bridgehead atoms. The van der Waals surface area contributed by atoms with Gasteiger partial charge in [0.15, 0.2) is 11.5 Å². The molecule has 0 spiro atoms. The van der Waals surface area contributed by atoms with Gasteiger partial charge < -0.3 is 24.3 Å². The molecule has 2 N–H and O–H groups in total. The standard InChI is InChI=1S/C28H30F3NO5/c1-4-26(2,3)24-10-17-9-16(20(29)13-21(17)32(24)14-19(34)15-33)11-25(35)27(7-8-27)18-5-6-22-23(12-18)37-28(30,31)36-22/h5-6,9-10,12-13,19,33-34H,4,7-8,11,14-15H2,1-3H3/t19-/m1/s1/i2D3,5D,6D,12D,14D2,15D2,19D/t19-,26?. The fourth-order valence-corrected chi connectivity index (χ4v) is 4.41. The minimum atomic E-state index is -4.20. The molecular weight excluding hydrogens is 487 g/mol. The van der Waals surface area contributed by atoms with E-state index in [9.17, 15) is 23.8 Å². The third-order valence-electron chi connectivity index (χ3n) is 6.87. The lowest BCUT2D eigenvalue weighted by molar-refractivity contribution is -0.286. The first-order chi connectivity index (χ1) is 21.7. The number of carbonyl (C=O) groups excluding carboxylic acids is 1. The number of benzene rings is 2. The Bertz CT molecular complexity index is 1850. The Kier molecular flexibility index (Phi) is 3.65. The van der Waals surface area contributed by atoms with E-state index in [4.69, 9.17) is 15.1 Å². The zero-order valence-electron chi connectivity index (χ0n) is 30.8. The van der Waals surface area contributed by atoms with Crippen molar-refractivity contribution in [1.29, 1.82) is 0 Å². The third kappa shape index (κ3) is 4.48. The molecule has 0 amide bonds. The molecule has 3 aromatic rings. The highest BCUT2D eigenvalue weighted by molar-refractivity contribution is 5.95. The molecule has 9 heteroatoms. The van der Waals surface area contributed by atoms with E-state index >= 15 is 4.39 Å². The monoisotopic (exact) mass is 528 g/mol. The van der Waals surface area contributed by atoms with E-state index in [-0.39, 0.29) is 35.8 Å². The third-order valence-corrected chi connectivity index (χ3v) is 6.87. The summed E-state index contributed by atoms with van der Waals surface area (Å²) in [5.74, 6) is -3.55. The summed E-state index contributed by atoms with van der Waals surface area (Å²) in [6.07, 6.45) is -8.99. The van der Waals surface area contributed by atoms with Gasteiger partial charge in [-0.25, -0.2) is 4.39 Å². The van der Waals surface area contributed by atoms with Crippen molar-refractivity contribution < 1.29 is 52.7 Å². The molecule has 1 aliphatic carbocycles. The van der Waals surface area contributed by atoms with Crippen LogP contribution in [0.3, 0.4) is 0 Å². The fraction of sp³-hybridized carbons (Fsp3) is 0.464. The Labute approximate surface area is 228 Å². The molecule has 1 aliphatic heterocycles. The van der Waals surface area contributed by atoms with Crippen LogP contribution in [-0.2, 0) is 28.5 Å². The van der Waals surface area contributed by atoms with Crippen molar-refractivity contribution in [3.8, 4) is 11.5 Å². The smallest absolute Gasteiger partial charge is 0.395 e. The molecule has 37 heavy (non-hydrogen) atoms. The van der Waals surface area contributed by atoms with Crippen molar-refractivity contribution >= 4 is 16.7 Å². The van der Waals surface area contributed by atoms with Gasteiger partial charge in [0.25, 0.3) is 0 Å². The maximum atomic E-state index is 15.8. The number of aromatic nitrogens is 1. The Balaban J connectivity index is 1.65. The number of hydrogen-bond acceptors (Lipinski definition) is 5. The summed E-state index contributed by atoms with van der Waals surface area (Å²) in [7, 11) is 0. The number of carbonyl (C=O) groups is 1. The van der Waals surface area contributed by atoms with Crippen molar-refractivity contribution in [3.05, 3.63) is 59.0 Å². The van der Waals surface area contributed by atoms with Crippen molar-refractivity contribution in [2.45, 2.75) is 76.1 Å². The second kappa shape index (κ2) is 8.77. The van der Waals surface area contributed by atoms with Crippen LogP contribution in [0.4, 0.5) is 13.2 Å². The first-order valence-electron chi connectivity index (χ1n) is 16.9. The van der Waals surface area contributed by atoms with E-state index in [1.54, 1.807) is 0 Å². The average molecular weight is 529 g/mol. The number of aliphatic hydroxyl groups is 2. The normalized spacial score (nSPS) is 25.9. The molecule has 1 fully saturated rings. The number of ketones is 1. The van der Waals surface area contributed by atoms with E-state index < -0.39 is 102 Å². The summed E-state index contributed by atoms with van der Waals surface area (Å²) < 4.78 is 142. The van der Waals surface area contributed by atoms with Crippen LogP contribution in [0.2, 0.25) is 0 Å². The number of Topliss-reactive ketones (excluding diaryl/α,β-unsaturated/α-hetero) is 1. The van der Waals surface area contributed by atoms with Crippen LogP contribution in [0.15, 0.2) is 36.3 Å². The maximum Gasteiger partial charge on any atom is 0.586 e. The minimum Gasteiger partial charge on any atom is -0.395 e. The molecule has 198 valence electrons. The molecular formula is C28H30F3NO5. The molecule has 2 heterocycles. The first kappa shape index (κ1) is 15.4. The van der Waals surface area contributed by atoms with Gasteiger partial charge in [0.2, 0.25) is 0 Å². The predicted molar refractivity (Wildman–Crippen MR) is 131 cm³/mol. The zero-order chi connectivity index (χ0) is 36.4. The number of fused-ring (bicyclic) bond motifs is 2. The Morgan fingerprint density at radius 3 is 2.70 bits per heavy atom. The highest BCUT2D eigenvalue weighted by atomic mass is 19.3. The molecule has 2 atom stereocenters. The Morgan fingerprint density at radius 2 is 2.05 bits per heavy atom. The quantitative estimate of drug-likeness (QED) is 0.409. The second-order valence-electron chi connectivity index (χ2n) is 9.38. The highest BCUT2D eigenvalue weighted by Crippen LogP contribution is 2.52.